The molecule has 0 aliphatic heterocycles. The van der Waals surface area contributed by atoms with Crippen LogP contribution in [0.3, 0.4) is 0 Å². The maximum atomic E-state index is 12.1. The highest BCUT2D eigenvalue weighted by molar-refractivity contribution is 6.00. The number of hydrogen-bond donors (Lipinski definition) is 1. The molecule has 0 bridgehead atoms. The van der Waals surface area contributed by atoms with Crippen molar-refractivity contribution in [3.05, 3.63) is 28.8 Å². The summed E-state index contributed by atoms with van der Waals surface area (Å²) in [7, 11) is 1.55. The van der Waals surface area contributed by atoms with Gasteiger partial charge < -0.3 is 10.1 Å². The first kappa shape index (κ1) is 15.2. The molecule has 1 aromatic rings. The largest absolute Gasteiger partial charge is 0.496 e. The zero-order valence-electron chi connectivity index (χ0n) is 12.0. The van der Waals surface area contributed by atoms with Crippen molar-refractivity contribution in [1.82, 2.24) is 5.32 Å². The fourth-order valence-electron chi connectivity index (χ4n) is 1.82. The van der Waals surface area contributed by atoms with Gasteiger partial charge in [0.15, 0.2) is 5.78 Å². The summed E-state index contributed by atoms with van der Waals surface area (Å²) in [5.74, 6) is 0.411. The summed E-state index contributed by atoms with van der Waals surface area (Å²) in [6, 6.07) is 3.68. The van der Waals surface area contributed by atoms with Crippen LogP contribution in [0.25, 0.3) is 0 Å². The molecule has 0 aliphatic rings. The minimum atomic E-state index is -0.0985. The number of benzene rings is 1. The van der Waals surface area contributed by atoms with Gasteiger partial charge >= 0.3 is 0 Å². The highest BCUT2D eigenvalue weighted by Gasteiger charge is 2.15. The Morgan fingerprint density at radius 3 is 2.37 bits per heavy atom. The van der Waals surface area contributed by atoms with E-state index >= 15 is 0 Å². The predicted molar refractivity (Wildman–Crippen MR) is 74.7 cm³/mol. The normalized spacial score (nSPS) is 10.1. The number of rotatable bonds is 6. The third-order valence-corrected chi connectivity index (χ3v) is 3.07. The van der Waals surface area contributed by atoms with E-state index in [0.29, 0.717) is 17.9 Å². The quantitative estimate of drug-likeness (QED) is 0.802. The van der Waals surface area contributed by atoms with Gasteiger partial charge in [0.25, 0.3) is 0 Å². The Labute approximate surface area is 114 Å². The molecule has 0 aromatic heterocycles. The van der Waals surface area contributed by atoms with Gasteiger partial charge in [-0.1, -0.05) is 0 Å². The van der Waals surface area contributed by atoms with Gasteiger partial charge in [-0.25, -0.2) is 0 Å². The van der Waals surface area contributed by atoms with Crippen molar-refractivity contribution < 1.29 is 14.3 Å². The average molecular weight is 263 g/mol. The van der Waals surface area contributed by atoms with Gasteiger partial charge in [-0.2, -0.15) is 0 Å². The molecule has 1 aromatic carbocycles. The number of hydrogen-bond acceptors (Lipinski definition) is 3. The van der Waals surface area contributed by atoms with Crippen LogP contribution in [0.5, 0.6) is 5.75 Å². The summed E-state index contributed by atoms with van der Waals surface area (Å²) in [4.78, 5) is 23.5. The number of aryl methyl sites for hydroxylation is 2. The first-order valence-corrected chi connectivity index (χ1v) is 6.44. The van der Waals surface area contributed by atoms with E-state index in [1.54, 1.807) is 7.11 Å². The summed E-state index contributed by atoms with van der Waals surface area (Å²) in [5.41, 5.74) is 2.68. The molecule has 0 atom stereocenters. The highest BCUT2D eigenvalue weighted by Crippen LogP contribution is 2.24. The number of ketones is 1. The zero-order valence-corrected chi connectivity index (χ0v) is 12.0. The number of ether oxygens (including phenoxy) is 1. The van der Waals surface area contributed by atoms with Crippen LogP contribution >= 0.6 is 0 Å². The number of carbonyl (C=O) groups is 2. The molecular formula is C15H21NO3. The Balaban J connectivity index is 2.82. The van der Waals surface area contributed by atoms with Crippen molar-refractivity contribution in [1.29, 1.82) is 0 Å². The molecule has 1 rings (SSSR count). The SMILES string of the molecule is CCNC(=O)CCC(=O)c1cc(C)c(C)cc1OC. The summed E-state index contributed by atoms with van der Waals surface area (Å²) in [5, 5.41) is 2.68. The molecule has 0 saturated heterocycles. The third kappa shape index (κ3) is 4.09. The lowest BCUT2D eigenvalue weighted by atomic mass is 10.00. The predicted octanol–water partition coefficient (Wildman–Crippen LogP) is 2.41. The number of methoxy groups -OCH3 is 1. The molecule has 104 valence electrons. The van der Waals surface area contributed by atoms with E-state index in [-0.39, 0.29) is 24.5 Å². The molecule has 0 heterocycles. The molecule has 0 saturated carbocycles. The van der Waals surface area contributed by atoms with E-state index in [0.717, 1.165) is 11.1 Å². The van der Waals surface area contributed by atoms with E-state index in [1.165, 1.54) is 0 Å². The van der Waals surface area contributed by atoms with Gasteiger partial charge in [0, 0.05) is 19.4 Å². The Kier molecular flexibility index (Phi) is 5.55. The summed E-state index contributed by atoms with van der Waals surface area (Å²) in [6.45, 7) is 6.36. The monoisotopic (exact) mass is 263 g/mol. The smallest absolute Gasteiger partial charge is 0.220 e. The topological polar surface area (TPSA) is 55.4 Å². The van der Waals surface area contributed by atoms with Crippen LogP contribution in [-0.2, 0) is 4.79 Å². The Morgan fingerprint density at radius 1 is 1.16 bits per heavy atom. The number of carbonyl (C=O) groups excluding carboxylic acids is 2. The number of nitrogens with one attached hydrogen (secondary N) is 1. The van der Waals surface area contributed by atoms with E-state index in [1.807, 2.05) is 32.9 Å². The molecular weight excluding hydrogens is 242 g/mol. The maximum Gasteiger partial charge on any atom is 0.220 e. The van der Waals surface area contributed by atoms with Gasteiger partial charge in [-0.3, -0.25) is 9.59 Å². The van der Waals surface area contributed by atoms with Crippen LogP contribution in [0.15, 0.2) is 12.1 Å². The van der Waals surface area contributed by atoms with Crippen LogP contribution in [0.2, 0.25) is 0 Å². The molecule has 0 radical (unpaired) electrons. The lowest BCUT2D eigenvalue weighted by Crippen LogP contribution is -2.23. The van der Waals surface area contributed by atoms with Crippen molar-refractivity contribution in [2.75, 3.05) is 13.7 Å². The van der Waals surface area contributed by atoms with Gasteiger partial charge in [-0.05, 0) is 44.0 Å². The lowest BCUT2D eigenvalue weighted by Gasteiger charge is -2.11. The highest BCUT2D eigenvalue weighted by atomic mass is 16.5. The van der Waals surface area contributed by atoms with Crippen molar-refractivity contribution in [3.8, 4) is 5.75 Å². The van der Waals surface area contributed by atoms with E-state index in [9.17, 15) is 9.59 Å². The molecule has 4 heteroatoms. The van der Waals surface area contributed by atoms with Crippen LogP contribution in [0.1, 0.15) is 41.3 Å². The van der Waals surface area contributed by atoms with Gasteiger partial charge in [-0.15, -0.1) is 0 Å². The second kappa shape index (κ2) is 6.92. The molecule has 1 amide bonds. The maximum absolute atomic E-state index is 12.1. The van der Waals surface area contributed by atoms with Crippen molar-refractivity contribution in [2.24, 2.45) is 0 Å². The molecule has 4 nitrogen and oxygen atoms in total. The van der Waals surface area contributed by atoms with Crippen LogP contribution in [-0.4, -0.2) is 25.3 Å². The van der Waals surface area contributed by atoms with Crippen LogP contribution in [0, 0.1) is 13.8 Å². The molecule has 1 N–H and O–H groups in total. The van der Waals surface area contributed by atoms with Gasteiger partial charge in [0.05, 0.1) is 12.7 Å². The summed E-state index contributed by atoms with van der Waals surface area (Å²) in [6.07, 6.45) is 0.410. The van der Waals surface area contributed by atoms with E-state index in [2.05, 4.69) is 5.32 Å². The number of amides is 1. The van der Waals surface area contributed by atoms with E-state index < -0.39 is 0 Å². The standard InChI is InChI=1S/C15H21NO3/c1-5-16-15(18)7-6-13(17)12-8-10(2)11(3)9-14(12)19-4/h8-9H,5-7H2,1-4H3,(H,16,18). The molecule has 19 heavy (non-hydrogen) atoms. The fourth-order valence-corrected chi connectivity index (χ4v) is 1.82. The lowest BCUT2D eigenvalue weighted by molar-refractivity contribution is -0.120. The molecule has 0 unspecified atom stereocenters. The second-order valence-electron chi connectivity index (χ2n) is 4.51. The molecule has 0 fully saturated rings. The van der Waals surface area contributed by atoms with Gasteiger partial charge in [0.1, 0.15) is 5.75 Å². The second-order valence-corrected chi connectivity index (χ2v) is 4.51. The summed E-state index contributed by atoms with van der Waals surface area (Å²) >= 11 is 0. The first-order chi connectivity index (χ1) is 8.99. The third-order valence-electron chi connectivity index (χ3n) is 3.07. The first-order valence-electron chi connectivity index (χ1n) is 6.44. The Morgan fingerprint density at radius 2 is 1.79 bits per heavy atom. The summed E-state index contributed by atoms with van der Waals surface area (Å²) < 4.78 is 5.24. The minimum Gasteiger partial charge on any atom is -0.496 e. The number of Topliss-reactive ketones (excluding diaryl/α,β-unsaturated/α-hetero) is 1. The molecule has 0 spiro atoms. The van der Waals surface area contributed by atoms with Crippen LogP contribution in [0.4, 0.5) is 0 Å². The van der Waals surface area contributed by atoms with Gasteiger partial charge in [0.2, 0.25) is 5.91 Å². The van der Waals surface area contributed by atoms with Crippen molar-refractivity contribution >= 4 is 11.7 Å². The van der Waals surface area contributed by atoms with E-state index in [4.69, 9.17) is 4.74 Å². The van der Waals surface area contributed by atoms with Crippen molar-refractivity contribution in [2.45, 2.75) is 33.6 Å². The van der Waals surface area contributed by atoms with Crippen molar-refractivity contribution in [3.63, 3.8) is 0 Å². The fraction of sp³-hybridized carbons (Fsp3) is 0.467. The zero-order chi connectivity index (χ0) is 14.4. The Hall–Kier alpha value is -1.84. The van der Waals surface area contributed by atoms with Crippen LogP contribution < -0.4 is 10.1 Å². The Bertz CT molecular complexity index is 481. The minimum absolute atomic E-state index is 0.0637. The average Bonchev–Trinajstić information content (AvgIpc) is 2.39. The molecule has 0 aliphatic carbocycles.